The number of nitrogens with zero attached hydrogens (tertiary/aromatic N) is 1. The molecule has 1 aromatic heterocycles. The van der Waals surface area contributed by atoms with Crippen LogP contribution in [-0.2, 0) is 6.42 Å². The maximum absolute atomic E-state index is 12.1. The first-order valence-corrected chi connectivity index (χ1v) is 8.01. The summed E-state index contributed by atoms with van der Waals surface area (Å²) >= 11 is 0. The van der Waals surface area contributed by atoms with Crippen LogP contribution in [0.5, 0.6) is 11.5 Å². The van der Waals surface area contributed by atoms with Gasteiger partial charge in [0, 0.05) is 18.2 Å². The Balaban J connectivity index is 1.31. The standard InChI is InChI=1S/C17H19N3O3/c21-17(14-10-13(19-20-14)12-2-3-12)18-6-5-11-1-4-15-16(9-11)23-8-7-22-15/h1,4,9-10,12H,2-3,5-8H2,(H,18,21)(H,19,20). The molecular weight excluding hydrogens is 294 g/mol. The van der Waals surface area contributed by atoms with Crippen molar-refractivity contribution in [2.24, 2.45) is 0 Å². The molecule has 120 valence electrons. The van der Waals surface area contributed by atoms with Crippen molar-refractivity contribution in [3.05, 3.63) is 41.2 Å². The highest BCUT2D eigenvalue weighted by molar-refractivity contribution is 5.92. The van der Waals surface area contributed by atoms with Crippen LogP contribution in [0.2, 0.25) is 0 Å². The zero-order chi connectivity index (χ0) is 15.6. The molecule has 1 aliphatic heterocycles. The number of nitrogens with one attached hydrogen (secondary N) is 2. The Hall–Kier alpha value is -2.50. The highest BCUT2D eigenvalue weighted by Gasteiger charge is 2.26. The molecule has 1 fully saturated rings. The van der Waals surface area contributed by atoms with Gasteiger partial charge in [0.15, 0.2) is 11.5 Å². The SMILES string of the molecule is O=C(NCCc1ccc2c(c1)OCCO2)c1cc(C2CC2)[nH]n1. The summed E-state index contributed by atoms with van der Waals surface area (Å²) in [4.78, 5) is 12.1. The molecule has 0 saturated heterocycles. The van der Waals surface area contributed by atoms with Crippen molar-refractivity contribution in [2.45, 2.75) is 25.2 Å². The minimum absolute atomic E-state index is 0.134. The summed E-state index contributed by atoms with van der Waals surface area (Å²) < 4.78 is 11.1. The highest BCUT2D eigenvalue weighted by atomic mass is 16.6. The Kier molecular flexibility index (Phi) is 3.65. The number of hydrogen-bond donors (Lipinski definition) is 2. The molecule has 1 aliphatic carbocycles. The van der Waals surface area contributed by atoms with Crippen molar-refractivity contribution in [3.63, 3.8) is 0 Å². The molecule has 1 saturated carbocycles. The molecule has 4 rings (SSSR count). The molecule has 1 amide bonds. The molecule has 0 unspecified atom stereocenters. The minimum Gasteiger partial charge on any atom is -0.486 e. The second-order valence-electron chi connectivity index (χ2n) is 5.97. The van der Waals surface area contributed by atoms with E-state index in [0.717, 1.165) is 29.2 Å². The Labute approximate surface area is 134 Å². The van der Waals surface area contributed by atoms with Gasteiger partial charge >= 0.3 is 0 Å². The van der Waals surface area contributed by atoms with E-state index in [0.29, 0.717) is 31.4 Å². The second-order valence-corrected chi connectivity index (χ2v) is 5.97. The maximum Gasteiger partial charge on any atom is 0.271 e. The van der Waals surface area contributed by atoms with Crippen LogP contribution >= 0.6 is 0 Å². The molecule has 6 heteroatoms. The minimum atomic E-state index is -0.134. The Morgan fingerprint density at radius 2 is 2.04 bits per heavy atom. The first kappa shape index (κ1) is 14.1. The molecule has 0 spiro atoms. The Morgan fingerprint density at radius 1 is 1.22 bits per heavy atom. The summed E-state index contributed by atoms with van der Waals surface area (Å²) in [6.07, 6.45) is 3.11. The monoisotopic (exact) mass is 313 g/mol. The van der Waals surface area contributed by atoms with E-state index in [1.54, 1.807) is 0 Å². The third-order valence-corrected chi connectivity index (χ3v) is 4.15. The summed E-state index contributed by atoms with van der Waals surface area (Å²) in [7, 11) is 0. The Morgan fingerprint density at radius 3 is 2.87 bits per heavy atom. The van der Waals surface area contributed by atoms with Crippen molar-refractivity contribution >= 4 is 5.91 Å². The predicted molar refractivity (Wildman–Crippen MR) is 84.0 cm³/mol. The third kappa shape index (κ3) is 3.16. The van der Waals surface area contributed by atoms with Crippen molar-refractivity contribution < 1.29 is 14.3 Å². The van der Waals surface area contributed by atoms with Gasteiger partial charge in [-0.15, -0.1) is 0 Å². The van der Waals surface area contributed by atoms with Crippen LogP contribution in [0.25, 0.3) is 0 Å². The van der Waals surface area contributed by atoms with E-state index >= 15 is 0 Å². The average Bonchev–Trinajstić information content (AvgIpc) is 3.31. The lowest BCUT2D eigenvalue weighted by molar-refractivity contribution is 0.0949. The lowest BCUT2D eigenvalue weighted by atomic mass is 10.1. The lowest BCUT2D eigenvalue weighted by Gasteiger charge is -2.18. The fraction of sp³-hybridized carbons (Fsp3) is 0.412. The van der Waals surface area contributed by atoms with Crippen molar-refractivity contribution in [3.8, 4) is 11.5 Å². The highest BCUT2D eigenvalue weighted by Crippen LogP contribution is 2.39. The van der Waals surface area contributed by atoms with Crippen LogP contribution in [0.3, 0.4) is 0 Å². The normalized spacial score (nSPS) is 16.2. The van der Waals surface area contributed by atoms with Gasteiger partial charge in [0.25, 0.3) is 5.91 Å². The number of amides is 1. The van der Waals surface area contributed by atoms with E-state index in [1.165, 1.54) is 12.8 Å². The molecule has 0 radical (unpaired) electrons. The van der Waals surface area contributed by atoms with Gasteiger partial charge in [0.2, 0.25) is 0 Å². The van der Waals surface area contributed by atoms with E-state index in [1.807, 2.05) is 24.3 Å². The van der Waals surface area contributed by atoms with Gasteiger partial charge in [0.05, 0.1) is 0 Å². The lowest BCUT2D eigenvalue weighted by Crippen LogP contribution is -2.26. The van der Waals surface area contributed by atoms with Crippen molar-refractivity contribution in [1.29, 1.82) is 0 Å². The van der Waals surface area contributed by atoms with Crippen LogP contribution < -0.4 is 14.8 Å². The summed E-state index contributed by atoms with van der Waals surface area (Å²) in [6.45, 7) is 1.73. The topological polar surface area (TPSA) is 76.2 Å². The van der Waals surface area contributed by atoms with Crippen molar-refractivity contribution in [2.75, 3.05) is 19.8 Å². The summed E-state index contributed by atoms with van der Waals surface area (Å²) in [5, 5.41) is 9.94. The molecule has 1 aromatic carbocycles. The van der Waals surface area contributed by atoms with Crippen LogP contribution in [0.1, 0.15) is 40.5 Å². The Bertz CT molecular complexity index is 722. The van der Waals surface area contributed by atoms with Crippen molar-refractivity contribution in [1.82, 2.24) is 15.5 Å². The molecule has 2 N–H and O–H groups in total. The number of benzene rings is 1. The number of aromatic amines is 1. The molecule has 2 aliphatic rings. The van der Waals surface area contributed by atoms with E-state index in [-0.39, 0.29) is 5.91 Å². The summed E-state index contributed by atoms with van der Waals surface area (Å²) in [5.74, 6) is 2.00. The summed E-state index contributed by atoms with van der Waals surface area (Å²) in [6, 6.07) is 7.75. The third-order valence-electron chi connectivity index (χ3n) is 4.15. The van der Waals surface area contributed by atoms with Gasteiger partial charge in [-0.2, -0.15) is 5.10 Å². The average molecular weight is 313 g/mol. The first-order valence-electron chi connectivity index (χ1n) is 8.01. The maximum atomic E-state index is 12.1. The number of H-pyrrole nitrogens is 1. The molecular formula is C17H19N3O3. The van der Waals surface area contributed by atoms with Gasteiger partial charge in [0.1, 0.15) is 18.9 Å². The van der Waals surface area contributed by atoms with Crippen LogP contribution in [0.4, 0.5) is 0 Å². The van der Waals surface area contributed by atoms with Gasteiger partial charge in [-0.1, -0.05) is 6.07 Å². The molecule has 2 aromatic rings. The van der Waals surface area contributed by atoms with Crippen LogP contribution in [0.15, 0.2) is 24.3 Å². The number of aromatic nitrogens is 2. The molecule has 23 heavy (non-hydrogen) atoms. The van der Waals surface area contributed by atoms with E-state index in [4.69, 9.17) is 9.47 Å². The number of rotatable bonds is 5. The van der Waals surface area contributed by atoms with Gasteiger partial charge in [-0.25, -0.2) is 0 Å². The van der Waals surface area contributed by atoms with Crippen LogP contribution in [0, 0.1) is 0 Å². The van der Waals surface area contributed by atoms with Gasteiger partial charge in [-0.3, -0.25) is 9.89 Å². The molecule has 2 heterocycles. The quantitative estimate of drug-likeness (QED) is 0.885. The fourth-order valence-electron chi connectivity index (χ4n) is 2.71. The largest absolute Gasteiger partial charge is 0.486 e. The number of ether oxygens (including phenoxy) is 2. The molecule has 0 atom stereocenters. The van der Waals surface area contributed by atoms with Crippen LogP contribution in [-0.4, -0.2) is 35.9 Å². The van der Waals surface area contributed by atoms with E-state index < -0.39 is 0 Å². The van der Waals surface area contributed by atoms with E-state index in [9.17, 15) is 4.79 Å². The second kappa shape index (κ2) is 5.95. The smallest absolute Gasteiger partial charge is 0.271 e. The van der Waals surface area contributed by atoms with Gasteiger partial charge in [-0.05, 0) is 43.0 Å². The zero-order valence-electron chi connectivity index (χ0n) is 12.8. The summed E-state index contributed by atoms with van der Waals surface area (Å²) in [5.41, 5.74) is 2.64. The number of fused-ring (bicyclic) bond motifs is 1. The molecule has 6 nitrogen and oxygen atoms in total. The number of carbonyl (C=O) groups excluding carboxylic acids is 1. The first-order chi connectivity index (χ1) is 11.3. The van der Waals surface area contributed by atoms with Gasteiger partial charge < -0.3 is 14.8 Å². The zero-order valence-corrected chi connectivity index (χ0v) is 12.8. The molecule has 0 bridgehead atoms. The fourth-order valence-corrected chi connectivity index (χ4v) is 2.71. The van der Waals surface area contributed by atoms with E-state index in [2.05, 4.69) is 15.5 Å². The number of hydrogen-bond acceptors (Lipinski definition) is 4. The predicted octanol–water partition coefficient (Wildman–Crippen LogP) is 2.03. The number of carbonyl (C=O) groups is 1.